The zero-order chi connectivity index (χ0) is 11.1. The van der Waals surface area contributed by atoms with Gasteiger partial charge in [0.2, 0.25) is 0 Å². The lowest BCUT2D eigenvalue weighted by Gasteiger charge is -2.06. The predicted octanol–water partition coefficient (Wildman–Crippen LogP) is 1.02. The first-order valence-electron chi connectivity index (χ1n) is 4.51. The Hall–Kier alpha value is -1.54. The number of terminal acetylenes is 1. The van der Waals surface area contributed by atoms with E-state index >= 15 is 0 Å². The first-order chi connectivity index (χ1) is 7.24. The number of nitrogens with zero attached hydrogens (tertiary/aromatic N) is 1. The summed E-state index contributed by atoms with van der Waals surface area (Å²) in [5.74, 6) is 5.34. The zero-order valence-corrected chi connectivity index (χ0v) is 9.18. The van der Waals surface area contributed by atoms with Gasteiger partial charge in [0.15, 0.2) is 0 Å². The minimum absolute atomic E-state index is 0.358. The van der Waals surface area contributed by atoms with E-state index < -0.39 is 0 Å². The van der Waals surface area contributed by atoms with Crippen molar-refractivity contribution in [3.63, 3.8) is 0 Å². The van der Waals surface area contributed by atoms with Gasteiger partial charge < -0.3 is 16.8 Å². The smallest absolute Gasteiger partial charge is 0.149 e. The van der Waals surface area contributed by atoms with Crippen LogP contribution in [-0.2, 0) is 0 Å². The molecular formula is C10H14N4S. The summed E-state index contributed by atoms with van der Waals surface area (Å²) in [6.07, 6.45) is 5.12. The van der Waals surface area contributed by atoms with Crippen molar-refractivity contribution in [3.05, 3.63) is 12.1 Å². The molecule has 1 rings (SSSR count). The number of pyridine rings is 1. The Morgan fingerprint density at radius 2 is 2.27 bits per heavy atom. The Balaban J connectivity index is 2.32. The van der Waals surface area contributed by atoms with E-state index in [9.17, 15) is 0 Å². The number of nitrogens with two attached hydrogens (primary N) is 2. The van der Waals surface area contributed by atoms with Crippen LogP contribution in [0.3, 0.4) is 0 Å². The largest absolute Gasteiger partial charge is 0.396 e. The van der Waals surface area contributed by atoms with Crippen LogP contribution >= 0.6 is 11.8 Å². The van der Waals surface area contributed by atoms with Crippen LogP contribution in [0.5, 0.6) is 0 Å². The molecule has 0 aromatic carbocycles. The number of thioether (sulfide) groups is 1. The maximum absolute atomic E-state index is 5.56. The Kier molecular flexibility index (Phi) is 4.64. The summed E-state index contributed by atoms with van der Waals surface area (Å²) >= 11 is 1.70. The maximum Gasteiger partial charge on any atom is 0.149 e. The predicted molar refractivity (Wildman–Crippen MR) is 67.7 cm³/mol. The summed E-state index contributed by atoms with van der Waals surface area (Å²) < 4.78 is 0. The molecule has 0 atom stereocenters. The molecule has 0 fully saturated rings. The lowest BCUT2D eigenvalue weighted by Crippen LogP contribution is -2.07. The lowest BCUT2D eigenvalue weighted by molar-refractivity contribution is 1.18. The number of hydrogen-bond acceptors (Lipinski definition) is 5. The SMILES string of the molecule is C#CCSCCNc1ccc(N)c(N)n1. The van der Waals surface area contributed by atoms with E-state index in [-0.39, 0.29) is 0 Å². The molecule has 80 valence electrons. The van der Waals surface area contributed by atoms with Crippen LogP contribution in [0.1, 0.15) is 0 Å². The topological polar surface area (TPSA) is 77.0 Å². The van der Waals surface area contributed by atoms with E-state index in [4.69, 9.17) is 17.9 Å². The third-order valence-corrected chi connectivity index (χ3v) is 2.56. The fraction of sp³-hybridized carbons (Fsp3) is 0.300. The van der Waals surface area contributed by atoms with Gasteiger partial charge in [0.1, 0.15) is 11.6 Å². The van der Waals surface area contributed by atoms with E-state index in [1.165, 1.54) is 0 Å². The molecule has 4 nitrogen and oxygen atoms in total. The van der Waals surface area contributed by atoms with Gasteiger partial charge in [-0.3, -0.25) is 0 Å². The average molecular weight is 222 g/mol. The molecule has 1 aromatic heterocycles. The monoisotopic (exact) mass is 222 g/mol. The molecule has 1 aromatic rings. The molecule has 0 saturated carbocycles. The molecule has 0 spiro atoms. The number of aromatic nitrogens is 1. The highest BCUT2D eigenvalue weighted by molar-refractivity contribution is 7.99. The van der Waals surface area contributed by atoms with Gasteiger partial charge in [0.25, 0.3) is 0 Å². The molecule has 1 heterocycles. The molecular weight excluding hydrogens is 208 g/mol. The van der Waals surface area contributed by atoms with Crippen molar-refractivity contribution in [2.45, 2.75) is 0 Å². The molecule has 0 aliphatic carbocycles. The number of nitrogen functional groups attached to an aromatic ring is 2. The molecule has 15 heavy (non-hydrogen) atoms. The van der Waals surface area contributed by atoms with Crippen molar-refractivity contribution in [2.24, 2.45) is 0 Å². The third kappa shape index (κ3) is 4.00. The van der Waals surface area contributed by atoms with Crippen LogP contribution in [0.4, 0.5) is 17.3 Å². The Morgan fingerprint density at radius 3 is 2.93 bits per heavy atom. The number of hydrogen-bond donors (Lipinski definition) is 3. The van der Waals surface area contributed by atoms with Crippen molar-refractivity contribution in [1.29, 1.82) is 0 Å². The number of anilines is 3. The fourth-order valence-electron chi connectivity index (χ4n) is 0.966. The summed E-state index contributed by atoms with van der Waals surface area (Å²) in [6, 6.07) is 3.54. The van der Waals surface area contributed by atoms with E-state index in [1.807, 2.05) is 0 Å². The maximum atomic E-state index is 5.56. The summed E-state index contributed by atoms with van der Waals surface area (Å²) in [5.41, 5.74) is 11.6. The molecule has 0 amide bonds. The van der Waals surface area contributed by atoms with Gasteiger partial charge in [0, 0.05) is 12.3 Å². The second-order valence-electron chi connectivity index (χ2n) is 2.85. The quantitative estimate of drug-likeness (QED) is 0.512. The van der Waals surface area contributed by atoms with Crippen LogP contribution in [0.15, 0.2) is 12.1 Å². The molecule has 5 heteroatoms. The van der Waals surface area contributed by atoms with Crippen molar-refractivity contribution < 1.29 is 0 Å². The van der Waals surface area contributed by atoms with Crippen LogP contribution in [0.2, 0.25) is 0 Å². The molecule has 0 bridgehead atoms. The Labute approximate surface area is 93.8 Å². The second-order valence-corrected chi connectivity index (χ2v) is 3.96. The lowest BCUT2D eigenvalue weighted by atomic mass is 10.4. The van der Waals surface area contributed by atoms with Gasteiger partial charge in [0.05, 0.1) is 11.4 Å². The van der Waals surface area contributed by atoms with Gasteiger partial charge >= 0.3 is 0 Å². The van der Waals surface area contributed by atoms with Crippen molar-refractivity contribution in [2.75, 3.05) is 34.8 Å². The summed E-state index contributed by atoms with van der Waals surface area (Å²) in [7, 11) is 0. The number of rotatable bonds is 5. The van der Waals surface area contributed by atoms with Gasteiger partial charge in [-0.2, -0.15) is 0 Å². The molecule has 0 radical (unpaired) electrons. The van der Waals surface area contributed by atoms with Gasteiger partial charge in [-0.05, 0) is 12.1 Å². The first-order valence-corrected chi connectivity index (χ1v) is 5.66. The van der Waals surface area contributed by atoms with E-state index in [0.29, 0.717) is 11.5 Å². The zero-order valence-electron chi connectivity index (χ0n) is 8.36. The number of nitrogens with one attached hydrogen (secondary N) is 1. The van der Waals surface area contributed by atoms with Gasteiger partial charge in [-0.1, -0.05) is 5.92 Å². The minimum atomic E-state index is 0.358. The van der Waals surface area contributed by atoms with Crippen LogP contribution in [-0.4, -0.2) is 23.0 Å². The van der Waals surface area contributed by atoms with Crippen molar-refractivity contribution in [1.82, 2.24) is 4.98 Å². The van der Waals surface area contributed by atoms with E-state index in [2.05, 4.69) is 16.2 Å². The Morgan fingerprint density at radius 1 is 1.47 bits per heavy atom. The fourth-order valence-corrected chi connectivity index (χ4v) is 1.48. The molecule has 0 aliphatic rings. The summed E-state index contributed by atoms with van der Waals surface area (Å²) in [5, 5.41) is 3.14. The van der Waals surface area contributed by atoms with Crippen LogP contribution < -0.4 is 16.8 Å². The average Bonchev–Trinajstić information content (AvgIpc) is 2.23. The van der Waals surface area contributed by atoms with E-state index in [0.717, 1.165) is 23.9 Å². The van der Waals surface area contributed by atoms with Crippen molar-refractivity contribution >= 4 is 29.1 Å². The van der Waals surface area contributed by atoms with Crippen LogP contribution in [0.25, 0.3) is 0 Å². The third-order valence-electron chi connectivity index (χ3n) is 1.70. The minimum Gasteiger partial charge on any atom is -0.396 e. The first kappa shape index (κ1) is 11.5. The highest BCUT2D eigenvalue weighted by atomic mass is 32.2. The highest BCUT2D eigenvalue weighted by Crippen LogP contribution is 2.14. The second kappa shape index (κ2) is 6.04. The Bertz CT molecular complexity index is 359. The van der Waals surface area contributed by atoms with Gasteiger partial charge in [-0.25, -0.2) is 4.98 Å². The summed E-state index contributed by atoms with van der Waals surface area (Å²) in [4.78, 5) is 4.08. The summed E-state index contributed by atoms with van der Waals surface area (Å²) in [6.45, 7) is 0.808. The van der Waals surface area contributed by atoms with E-state index in [1.54, 1.807) is 23.9 Å². The van der Waals surface area contributed by atoms with Crippen LogP contribution in [0, 0.1) is 12.3 Å². The normalized spacial score (nSPS) is 9.53. The molecule has 0 unspecified atom stereocenters. The molecule has 5 N–H and O–H groups in total. The molecule has 0 aliphatic heterocycles. The van der Waals surface area contributed by atoms with Gasteiger partial charge in [-0.15, -0.1) is 18.2 Å². The highest BCUT2D eigenvalue weighted by Gasteiger charge is 1.97. The van der Waals surface area contributed by atoms with Crippen molar-refractivity contribution in [3.8, 4) is 12.3 Å². The standard InChI is InChI=1S/C10H14N4S/c1-2-6-15-7-5-13-9-4-3-8(11)10(12)14-9/h1,3-4H,5-7,11H2,(H3,12,13,14). The molecule has 0 saturated heterocycles.